The van der Waals surface area contributed by atoms with Crippen LogP contribution in [0.15, 0.2) is 54.7 Å². The third-order valence-electron chi connectivity index (χ3n) is 5.89. The Balaban J connectivity index is 1.58. The maximum Gasteiger partial charge on any atom is 0.132 e. The van der Waals surface area contributed by atoms with E-state index in [2.05, 4.69) is 83.2 Å². The van der Waals surface area contributed by atoms with Gasteiger partial charge in [-0.3, -0.25) is 0 Å². The van der Waals surface area contributed by atoms with Gasteiger partial charge in [-0.25, -0.2) is 4.98 Å². The lowest BCUT2D eigenvalue weighted by Crippen LogP contribution is -2.44. The van der Waals surface area contributed by atoms with Crippen molar-refractivity contribution in [3.05, 3.63) is 54.7 Å². The number of para-hydroxylation sites is 1. The van der Waals surface area contributed by atoms with Crippen molar-refractivity contribution >= 4 is 33.3 Å². The average Bonchev–Trinajstić information content (AvgIpc) is 3.04. The van der Waals surface area contributed by atoms with Crippen LogP contribution in [-0.2, 0) is 7.05 Å². The first-order valence-corrected chi connectivity index (χ1v) is 9.78. The molecule has 0 radical (unpaired) electrons. The smallest absolute Gasteiger partial charge is 0.132 e. The first-order chi connectivity index (χ1) is 13.6. The molecule has 0 bridgehead atoms. The summed E-state index contributed by atoms with van der Waals surface area (Å²) in [6.45, 7) is 4.28. The van der Waals surface area contributed by atoms with E-state index in [4.69, 9.17) is 10.7 Å². The van der Waals surface area contributed by atoms with E-state index in [-0.39, 0.29) is 0 Å². The minimum Gasteiger partial charge on any atom is -0.383 e. The second-order valence-corrected chi connectivity index (χ2v) is 7.76. The Bertz CT molecular complexity index is 1170. The number of nitrogen functional groups attached to an aromatic ring is 1. The predicted molar refractivity (Wildman–Crippen MR) is 118 cm³/mol. The van der Waals surface area contributed by atoms with Crippen molar-refractivity contribution in [3.63, 3.8) is 0 Å². The average molecular weight is 371 g/mol. The molecule has 2 aromatic carbocycles. The number of aromatic nitrogens is 2. The summed E-state index contributed by atoms with van der Waals surface area (Å²) >= 11 is 0. The topological polar surface area (TPSA) is 50.3 Å². The standard InChI is InChI=1S/C23H25N5/c1-26-9-11-28(12-10-26)17-8-7-16-13-19(23(24)25-21(16)14-17)20-15-27(2)22-6-4-3-5-18(20)22/h3-8,13-15H,9-12H2,1-2H3,(H2,24,25). The summed E-state index contributed by atoms with van der Waals surface area (Å²) in [5.74, 6) is 0.583. The van der Waals surface area contributed by atoms with E-state index in [1.807, 2.05) is 0 Å². The lowest BCUT2D eigenvalue weighted by atomic mass is 10.0. The SMILES string of the molecule is CN1CCN(c2ccc3cc(-c4cn(C)c5ccccc45)c(N)nc3c2)CC1. The summed E-state index contributed by atoms with van der Waals surface area (Å²) < 4.78 is 2.14. The van der Waals surface area contributed by atoms with Gasteiger partial charge >= 0.3 is 0 Å². The van der Waals surface area contributed by atoms with Gasteiger partial charge in [0.2, 0.25) is 0 Å². The maximum absolute atomic E-state index is 6.43. The summed E-state index contributed by atoms with van der Waals surface area (Å²) in [7, 11) is 4.24. The molecule has 1 aliphatic rings. The largest absolute Gasteiger partial charge is 0.383 e. The highest BCUT2D eigenvalue weighted by Gasteiger charge is 2.16. The number of pyridine rings is 1. The van der Waals surface area contributed by atoms with E-state index >= 15 is 0 Å². The fourth-order valence-corrected chi connectivity index (χ4v) is 4.20. The number of piperazine rings is 1. The molecule has 1 aliphatic heterocycles. The van der Waals surface area contributed by atoms with E-state index in [0.29, 0.717) is 5.82 Å². The number of hydrogen-bond acceptors (Lipinski definition) is 4. The molecule has 5 rings (SSSR count). The molecule has 1 saturated heterocycles. The van der Waals surface area contributed by atoms with Crippen LogP contribution in [0.3, 0.4) is 0 Å². The zero-order chi connectivity index (χ0) is 19.3. The zero-order valence-electron chi connectivity index (χ0n) is 16.4. The van der Waals surface area contributed by atoms with Crippen LogP contribution in [0, 0.1) is 0 Å². The van der Waals surface area contributed by atoms with Crippen LogP contribution in [0.5, 0.6) is 0 Å². The Morgan fingerprint density at radius 1 is 0.893 bits per heavy atom. The van der Waals surface area contributed by atoms with Gasteiger partial charge in [0.15, 0.2) is 0 Å². The number of benzene rings is 2. The third-order valence-corrected chi connectivity index (χ3v) is 5.89. The minimum atomic E-state index is 0.583. The normalized spacial score (nSPS) is 15.6. The molecule has 0 aliphatic carbocycles. The first kappa shape index (κ1) is 17.1. The summed E-state index contributed by atoms with van der Waals surface area (Å²) in [5, 5.41) is 2.32. The van der Waals surface area contributed by atoms with Crippen LogP contribution >= 0.6 is 0 Å². The van der Waals surface area contributed by atoms with Crippen LogP contribution in [0.25, 0.3) is 32.9 Å². The van der Waals surface area contributed by atoms with Crippen molar-refractivity contribution in [1.82, 2.24) is 14.5 Å². The van der Waals surface area contributed by atoms with E-state index in [1.165, 1.54) is 16.6 Å². The van der Waals surface area contributed by atoms with Crippen molar-refractivity contribution in [3.8, 4) is 11.1 Å². The second-order valence-electron chi connectivity index (χ2n) is 7.76. The van der Waals surface area contributed by atoms with E-state index in [0.717, 1.165) is 48.2 Å². The first-order valence-electron chi connectivity index (χ1n) is 9.78. The Morgan fingerprint density at radius 2 is 1.68 bits per heavy atom. The van der Waals surface area contributed by atoms with E-state index in [1.54, 1.807) is 0 Å². The molecule has 5 nitrogen and oxygen atoms in total. The third kappa shape index (κ3) is 2.79. The molecule has 0 saturated carbocycles. The van der Waals surface area contributed by atoms with Gasteiger partial charge in [0.25, 0.3) is 0 Å². The fraction of sp³-hybridized carbons (Fsp3) is 0.261. The fourth-order valence-electron chi connectivity index (χ4n) is 4.20. The maximum atomic E-state index is 6.43. The quantitative estimate of drug-likeness (QED) is 0.583. The van der Waals surface area contributed by atoms with Crippen molar-refractivity contribution < 1.29 is 0 Å². The number of rotatable bonds is 2. The van der Waals surface area contributed by atoms with Gasteiger partial charge in [-0.1, -0.05) is 24.3 Å². The molecule has 28 heavy (non-hydrogen) atoms. The molecule has 0 spiro atoms. The Kier molecular flexibility index (Phi) is 3.98. The zero-order valence-corrected chi connectivity index (χ0v) is 16.4. The number of anilines is 2. The number of nitrogens with zero attached hydrogens (tertiary/aromatic N) is 4. The molecule has 0 unspecified atom stereocenters. The summed E-state index contributed by atoms with van der Waals surface area (Å²) in [6, 6.07) is 17.1. The van der Waals surface area contributed by atoms with Gasteiger partial charge in [-0.15, -0.1) is 0 Å². The molecule has 0 atom stereocenters. The Morgan fingerprint density at radius 3 is 2.50 bits per heavy atom. The number of hydrogen-bond donors (Lipinski definition) is 1. The van der Waals surface area contributed by atoms with Crippen LogP contribution in [0.4, 0.5) is 11.5 Å². The van der Waals surface area contributed by atoms with Gasteiger partial charge in [0, 0.05) is 72.5 Å². The van der Waals surface area contributed by atoms with E-state index in [9.17, 15) is 0 Å². The van der Waals surface area contributed by atoms with Crippen LogP contribution in [0.2, 0.25) is 0 Å². The molecular formula is C23H25N5. The van der Waals surface area contributed by atoms with Gasteiger partial charge in [0.05, 0.1) is 5.52 Å². The Labute approximate surface area is 165 Å². The molecule has 142 valence electrons. The van der Waals surface area contributed by atoms with Gasteiger partial charge < -0.3 is 20.1 Å². The lowest BCUT2D eigenvalue weighted by Gasteiger charge is -2.34. The molecule has 5 heteroatoms. The minimum absolute atomic E-state index is 0.583. The van der Waals surface area contributed by atoms with Crippen LogP contribution in [-0.4, -0.2) is 47.7 Å². The lowest BCUT2D eigenvalue weighted by molar-refractivity contribution is 0.313. The van der Waals surface area contributed by atoms with Crippen molar-refractivity contribution in [2.45, 2.75) is 0 Å². The molecule has 4 aromatic rings. The molecular weight excluding hydrogens is 346 g/mol. The van der Waals surface area contributed by atoms with Crippen molar-refractivity contribution in [1.29, 1.82) is 0 Å². The van der Waals surface area contributed by atoms with Gasteiger partial charge in [-0.2, -0.15) is 0 Å². The number of aryl methyl sites for hydroxylation is 1. The van der Waals surface area contributed by atoms with Gasteiger partial charge in [0.1, 0.15) is 5.82 Å². The van der Waals surface area contributed by atoms with Crippen molar-refractivity contribution in [2.75, 3.05) is 43.9 Å². The highest BCUT2D eigenvalue weighted by Crippen LogP contribution is 2.35. The molecule has 3 heterocycles. The highest BCUT2D eigenvalue weighted by atomic mass is 15.2. The van der Waals surface area contributed by atoms with Crippen molar-refractivity contribution in [2.24, 2.45) is 7.05 Å². The second kappa shape index (κ2) is 6.53. The number of nitrogens with two attached hydrogens (primary N) is 1. The van der Waals surface area contributed by atoms with Crippen LogP contribution in [0.1, 0.15) is 0 Å². The summed E-state index contributed by atoms with van der Waals surface area (Å²) in [5.41, 5.74) is 11.9. The number of fused-ring (bicyclic) bond motifs is 2. The summed E-state index contributed by atoms with van der Waals surface area (Å²) in [4.78, 5) is 9.56. The highest BCUT2D eigenvalue weighted by molar-refractivity contribution is 6.01. The molecule has 2 aromatic heterocycles. The van der Waals surface area contributed by atoms with E-state index < -0.39 is 0 Å². The summed E-state index contributed by atoms with van der Waals surface area (Å²) in [6.07, 6.45) is 2.14. The molecule has 2 N–H and O–H groups in total. The molecule has 1 fully saturated rings. The van der Waals surface area contributed by atoms with Gasteiger partial charge in [-0.05, 0) is 31.3 Å². The predicted octanol–water partition coefficient (Wildman–Crippen LogP) is 3.73. The number of likely N-dealkylation sites (N-methyl/N-ethyl adjacent to an activating group) is 1. The Hall–Kier alpha value is -3.05. The molecule has 0 amide bonds. The van der Waals surface area contributed by atoms with Crippen LogP contribution < -0.4 is 10.6 Å². The monoisotopic (exact) mass is 371 g/mol.